The molecule has 1 aromatic heterocycles. The van der Waals surface area contributed by atoms with Crippen molar-refractivity contribution in [1.82, 2.24) is 15.0 Å². The molecule has 0 radical (unpaired) electrons. The fourth-order valence-electron chi connectivity index (χ4n) is 1.18. The largest absolute Gasteiger partial charge is 0.368 e. The van der Waals surface area contributed by atoms with E-state index in [4.69, 9.17) is 5.73 Å². The van der Waals surface area contributed by atoms with Crippen molar-refractivity contribution in [2.75, 3.05) is 5.73 Å². The Morgan fingerprint density at radius 3 is 2.75 bits per heavy atom. The summed E-state index contributed by atoms with van der Waals surface area (Å²) >= 11 is 3.04. The van der Waals surface area contributed by atoms with Crippen LogP contribution in [0.15, 0.2) is 27.5 Å². The number of anilines is 1. The van der Waals surface area contributed by atoms with E-state index in [2.05, 4.69) is 30.9 Å². The molecule has 1 aromatic carbocycles. The number of nitrogen functional groups attached to an aromatic ring is 1. The molecule has 0 saturated carbocycles. The molecule has 0 amide bonds. The molecule has 2 rings (SSSR count). The third-order valence-electron chi connectivity index (χ3n) is 1.86. The zero-order chi connectivity index (χ0) is 11.7. The summed E-state index contributed by atoms with van der Waals surface area (Å²) in [6.07, 6.45) is 0. The zero-order valence-corrected chi connectivity index (χ0v) is 9.45. The van der Waals surface area contributed by atoms with Crippen LogP contribution in [0.2, 0.25) is 0 Å². The Bertz CT molecular complexity index is 598. The molecule has 0 bridgehead atoms. The number of nitrogens with two attached hydrogens (primary N) is 1. The van der Waals surface area contributed by atoms with Gasteiger partial charge in [-0.15, -0.1) is 0 Å². The van der Waals surface area contributed by atoms with Crippen LogP contribution in [0.5, 0.6) is 0 Å². The van der Waals surface area contributed by atoms with Crippen molar-refractivity contribution in [3.8, 4) is 11.4 Å². The quantitative estimate of drug-likeness (QED) is 0.827. The minimum atomic E-state index is -0.594. The Kier molecular flexibility index (Phi) is 2.69. The van der Waals surface area contributed by atoms with E-state index < -0.39 is 11.5 Å². The maximum atomic E-state index is 13.0. The van der Waals surface area contributed by atoms with E-state index in [-0.39, 0.29) is 16.2 Å². The van der Waals surface area contributed by atoms with Crippen molar-refractivity contribution in [3.05, 3.63) is 39.0 Å². The Labute approximate surface area is 97.7 Å². The number of aromatic amines is 1. The van der Waals surface area contributed by atoms with E-state index in [1.165, 1.54) is 18.2 Å². The number of nitrogens with one attached hydrogen (secondary N) is 1. The van der Waals surface area contributed by atoms with Crippen molar-refractivity contribution in [2.24, 2.45) is 0 Å². The number of hydrogen-bond donors (Lipinski definition) is 2. The molecule has 0 fully saturated rings. The molecular formula is C9H6BrFN4O. The summed E-state index contributed by atoms with van der Waals surface area (Å²) in [5, 5.41) is 0. The highest BCUT2D eigenvalue weighted by Crippen LogP contribution is 2.22. The van der Waals surface area contributed by atoms with Gasteiger partial charge in [-0.25, -0.2) is 9.18 Å². The predicted octanol–water partition coefficient (Wildman–Crippen LogP) is 1.32. The number of nitrogens with zero attached hydrogens (tertiary/aromatic N) is 2. The number of aromatic nitrogens is 3. The Balaban J connectivity index is 2.58. The van der Waals surface area contributed by atoms with Gasteiger partial charge in [0, 0.05) is 5.56 Å². The maximum Gasteiger partial charge on any atom is 0.349 e. The van der Waals surface area contributed by atoms with Gasteiger partial charge in [0.05, 0.1) is 4.47 Å². The second-order valence-corrected chi connectivity index (χ2v) is 3.84. The molecular weight excluding hydrogens is 279 g/mol. The summed E-state index contributed by atoms with van der Waals surface area (Å²) in [5.41, 5.74) is 5.28. The van der Waals surface area contributed by atoms with Crippen LogP contribution in [-0.4, -0.2) is 15.0 Å². The molecule has 0 aliphatic heterocycles. The number of halogens is 2. The molecule has 0 atom stereocenters. The minimum Gasteiger partial charge on any atom is -0.368 e. The summed E-state index contributed by atoms with van der Waals surface area (Å²) in [6, 6.07) is 4.24. The van der Waals surface area contributed by atoms with E-state index in [9.17, 15) is 9.18 Å². The first-order valence-corrected chi connectivity index (χ1v) is 5.05. The third-order valence-corrected chi connectivity index (χ3v) is 2.47. The van der Waals surface area contributed by atoms with Gasteiger partial charge >= 0.3 is 5.69 Å². The van der Waals surface area contributed by atoms with E-state index in [0.29, 0.717) is 5.56 Å². The number of hydrogen-bond acceptors (Lipinski definition) is 4. The molecule has 0 spiro atoms. The Morgan fingerprint density at radius 2 is 2.12 bits per heavy atom. The molecule has 16 heavy (non-hydrogen) atoms. The van der Waals surface area contributed by atoms with Crippen LogP contribution in [0.3, 0.4) is 0 Å². The van der Waals surface area contributed by atoms with Crippen LogP contribution in [0.4, 0.5) is 10.3 Å². The van der Waals surface area contributed by atoms with Gasteiger partial charge in [0.2, 0.25) is 5.95 Å². The van der Waals surface area contributed by atoms with Crippen molar-refractivity contribution in [2.45, 2.75) is 0 Å². The zero-order valence-electron chi connectivity index (χ0n) is 7.87. The van der Waals surface area contributed by atoms with Crippen LogP contribution in [0.1, 0.15) is 0 Å². The average molecular weight is 285 g/mol. The van der Waals surface area contributed by atoms with Crippen LogP contribution < -0.4 is 11.4 Å². The summed E-state index contributed by atoms with van der Waals surface area (Å²) in [7, 11) is 0. The van der Waals surface area contributed by atoms with Gasteiger partial charge in [0.25, 0.3) is 0 Å². The van der Waals surface area contributed by atoms with Gasteiger partial charge in [0.15, 0.2) is 0 Å². The van der Waals surface area contributed by atoms with Crippen molar-refractivity contribution in [1.29, 1.82) is 0 Å². The summed E-state index contributed by atoms with van der Waals surface area (Å²) in [6.45, 7) is 0. The molecule has 2 aromatic rings. The van der Waals surface area contributed by atoms with Crippen LogP contribution >= 0.6 is 15.9 Å². The molecule has 3 N–H and O–H groups in total. The van der Waals surface area contributed by atoms with Crippen molar-refractivity contribution < 1.29 is 4.39 Å². The summed E-state index contributed by atoms with van der Waals surface area (Å²) < 4.78 is 13.3. The topological polar surface area (TPSA) is 84.7 Å². The molecule has 7 heteroatoms. The summed E-state index contributed by atoms with van der Waals surface area (Å²) in [5.74, 6) is -0.273. The lowest BCUT2D eigenvalue weighted by atomic mass is 10.2. The lowest BCUT2D eigenvalue weighted by Crippen LogP contribution is -2.15. The van der Waals surface area contributed by atoms with E-state index in [1.807, 2.05) is 0 Å². The first-order chi connectivity index (χ1) is 7.56. The van der Waals surface area contributed by atoms with Gasteiger partial charge in [-0.1, -0.05) is 0 Å². The van der Waals surface area contributed by atoms with Gasteiger partial charge in [-0.2, -0.15) is 9.97 Å². The van der Waals surface area contributed by atoms with E-state index in [0.717, 1.165) is 0 Å². The van der Waals surface area contributed by atoms with E-state index >= 15 is 0 Å². The molecule has 0 aliphatic rings. The monoisotopic (exact) mass is 284 g/mol. The fraction of sp³-hybridized carbons (Fsp3) is 0. The van der Waals surface area contributed by atoms with Crippen LogP contribution in [0, 0.1) is 5.82 Å². The standard InChI is InChI=1S/C9H6BrFN4O/c10-5-3-4(1-2-6(5)11)7-13-8(12)15-9(16)14-7/h1-3H,(H3,12,13,14,15,16). The number of H-pyrrole nitrogens is 1. The highest BCUT2D eigenvalue weighted by Gasteiger charge is 2.06. The third kappa shape index (κ3) is 2.08. The summed E-state index contributed by atoms with van der Waals surface area (Å²) in [4.78, 5) is 20.7. The average Bonchev–Trinajstić information content (AvgIpc) is 2.20. The maximum absolute atomic E-state index is 13.0. The van der Waals surface area contributed by atoms with Crippen molar-refractivity contribution in [3.63, 3.8) is 0 Å². The first-order valence-electron chi connectivity index (χ1n) is 4.25. The number of rotatable bonds is 1. The first kappa shape index (κ1) is 10.7. The van der Waals surface area contributed by atoms with Crippen molar-refractivity contribution >= 4 is 21.9 Å². The molecule has 82 valence electrons. The molecule has 0 unspecified atom stereocenters. The van der Waals surface area contributed by atoms with E-state index in [1.54, 1.807) is 0 Å². The Hall–Kier alpha value is -1.76. The predicted molar refractivity (Wildman–Crippen MR) is 60.2 cm³/mol. The fourth-order valence-corrected chi connectivity index (χ4v) is 1.56. The molecule has 0 saturated heterocycles. The smallest absolute Gasteiger partial charge is 0.349 e. The second-order valence-electron chi connectivity index (χ2n) is 2.99. The lowest BCUT2D eigenvalue weighted by molar-refractivity contribution is 0.621. The van der Waals surface area contributed by atoms with Gasteiger partial charge in [-0.05, 0) is 34.1 Å². The highest BCUT2D eigenvalue weighted by atomic mass is 79.9. The molecule has 0 aliphatic carbocycles. The van der Waals surface area contributed by atoms with Gasteiger partial charge in [0.1, 0.15) is 11.6 Å². The van der Waals surface area contributed by atoms with Crippen LogP contribution in [0.25, 0.3) is 11.4 Å². The lowest BCUT2D eigenvalue weighted by Gasteiger charge is -2.02. The van der Waals surface area contributed by atoms with Crippen LogP contribution in [-0.2, 0) is 0 Å². The Morgan fingerprint density at radius 1 is 1.38 bits per heavy atom. The normalized spacial score (nSPS) is 10.4. The molecule has 1 heterocycles. The van der Waals surface area contributed by atoms with Gasteiger partial charge in [-0.3, -0.25) is 4.98 Å². The molecule has 5 nitrogen and oxygen atoms in total. The number of benzene rings is 1. The highest BCUT2D eigenvalue weighted by molar-refractivity contribution is 9.10. The SMILES string of the molecule is Nc1nc(-c2ccc(F)c(Br)c2)[nH]c(=O)n1. The second kappa shape index (κ2) is 4.01. The van der Waals surface area contributed by atoms with Gasteiger partial charge < -0.3 is 5.73 Å². The minimum absolute atomic E-state index is 0.126.